The highest BCUT2D eigenvalue weighted by Gasteiger charge is 2.28. The number of benzene rings is 3. The number of nitrogens with zero attached hydrogens (tertiary/aromatic N) is 3. The van der Waals surface area contributed by atoms with Crippen molar-refractivity contribution in [3.05, 3.63) is 123 Å². The summed E-state index contributed by atoms with van der Waals surface area (Å²) >= 11 is 0. The van der Waals surface area contributed by atoms with Crippen LogP contribution in [0.5, 0.6) is 0 Å². The van der Waals surface area contributed by atoms with E-state index in [9.17, 15) is 32.4 Å². The first-order valence-electron chi connectivity index (χ1n) is 17.8. The zero-order valence-corrected chi connectivity index (χ0v) is 31.8. The van der Waals surface area contributed by atoms with E-state index in [4.69, 9.17) is 9.47 Å². The molecule has 0 radical (unpaired) electrons. The summed E-state index contributed by atoms with van der Waals surface area (Å²) in [4.78, 5) is 68.9. The zero-order chi connectivity index (χ0) is 41.0. The van der Waals surface area contributed by atoms with Gasteiger partial charge in [0.1, 0.15) is 17.7 Å². The number of amides is 2. The molecular weight excluding hydrogens is 767 g/mol. The van der Waals surface area contributed by atoms with E-state index in [1.54, 1.807) is 13.8 Å². The van der Waals surface area contributed by atoms with Gasteiger partial charge in [-0.2, -0.15) is 0 Å². The number of carbonyl (C=O) groups is 3. The van der Waals surface area contributed by atoms with Crippen molar-refractivity contribution in [2.75, 3.05) is 23.3 Å². The van der Waals surface area contributed by atoms with Crippen LogP contribution < -0.4 is 26.6 Å². The average Bonchev–Trinajstić information content (AvgIpc) is 3.19. The third kappa shape index (κ3) is 9.08. The molecular formula is C39H38F2N6O9S. The number of anilines is 2. The molecule has 1 atom stereocenters. The Morgan fingerprint density at radius 2 is 1.65 bits per heavy atom. The molecule has 3 heterocycles. The molecule has 298 valence electrons. The molecule has 0 saturated carbocycles. The number of halogens is 2. The smallest absolute Gasteiger partial charge is 0.335 e. The van der Waals surface area contributed by atoms with E-state index in [1.165, 1.54) is 78.6 Å². The van der Waals surface area contributed by atoms with Crippen LogP contribution in [0.1, 0.15) is 42.6 Å². The highest BCUT2D eigenvalue weighted by Crippen LogP contribution is 2.25. The Balaban J connectivity index is 1.16. The normalized spacial score (nSPS) is 13.9. The number of hydrogen-bond donors (Lipinski definition) is 3. The molecule has 5 aromatic rings. The first-order valence-corrected chi connectivity index (χ1v) is 19.3. The molecule has 15 nitrogen and oxygen atoms in total. The van der Waals surface area contributed by atoms with E-state index >= 15 is 8.78 Å². The number of pyridine rings is 1. The molecule has 57 heavy (non-hydrogen) atoms. The van der Waals surface area contributed by atoms with Gasteiger partial charge in [-0.05, 0) is 80.8 Å². The molecule has 3 aromatic carbocycles. The van der Waals surface area contributed by atoms with E-state index in [1.807, 2.05) is 4.72 Å². The number of rotatable bonds is 12. The second kappa shape index (κ2) is 16.8. The van der Waals surface area contributed by atoms with Crippen molar-refractivity contribution in [2.24, 2.45) is 13.0 Å². The van der Waals surface area contributed by atoms with Crippen LogP contribution in [0.25, 0.3) is 16.6 Å². The summed E-state index contributed by atoms with van der Waals surface area (Å²) in [6, 6.07) is 12.2. The fraction of sp³-hybridized carbons (Fsp3) is 0.282. The van der Waals surface area contributed by atoms with E-state index < -0.39 is 68.2 Å². The molecule has 0 aliphatic carbocycles. The van der Waals surface area contributed by atoms with Crippen LogP contribution >= 0.6 is 0 Å². The van der Waals surface area contributed by atoms with E-state index in [0.717, 1.165) is 4.57 Å². The Morgan fingerprint density at radius 1 is 0.965 bits per heavy atom. The predicted molar refractivity (Wildman–Crippen MR) is 205 cm³/mol. The average molecular weight is 805 g/mol. The van der Waals surface area contributed by atoms with Crippen LogP contribution in [0.4, 0.5) is 20.2 Å². The number of sulfonamides is 1. The number of hydrogen-bond acceptors (Lipinski definition) is 10. The van der Waals surface area contributed by atoms with Gasteiger partial charge in [0.05, 0.1) is 45.0 Å². The van der Waals surface area contributed by atoms with Crippen LogP contribution in [0.3, 0.4) is 0 Å². The highest BCUT2D eigenvalue weighted by atomic mass is 32.2. The van der Waals surface area contributed by atoms with Gasteiger partial charge in [0.15, 0.2) is 0 Å². The molecule has 1 aliphatic rings. The lowest BCUT2D eigenvalue weighted by molar-refractivity contribution is -0.149. The molecule has 0 spiro atoms. The largest absolute Gasteiger partial charge is 0.461 e. The summed E-state index contributed by atoms with van der Waals surface area (Å²) < 4.78 is 71.7. The van der Waals surface area contributed by atoms with Crippen molar-refractivity contribution in [3.63, 3.8) is 0 Å². The van der Waals surface area contributed by atoms with Crippen LogP contribution in [-0.4, -0.2) is 65.7 Å². The molecule has 2 amide bonds. The molecule has 0 unspecified atom stereocenters. The summed E-state index contributed by atoms with van der Waals surface area (Å²) in [5.41, 5.74) is -1.41. The summed E-state index contributed by atoms with van der Waals surface area (Å²) in [5.74, 6) is -5.12. The standard InChI is InChI=1S/C39H38F2N6O9S/c1-22(2)56-38(51)33(18-23-4-8-26(9-5-23)47-37(50)28-12-15-42-21-34(28)46(3)39(47)52)44-36(49)29-19-31(41)32(20-30(29)40)45-57(53,54)27-10-6-25(7-11-27)43-35(48)24-13-16-55-17-14-24/h4-12,15,19-22,24,33,45H,13-14,16-18H2,1-3H3,(H,43,48)(H,44,49)/t33-/m0/s1. The molecule has 6 rings (SSSR count). The van der Waals surface area contributed by atoms with Gasteiger partial charge in [-0.15, -0.1) is 0 Å². The lowest BCUT2D eigenvalue weighted by Crippen LogP contribution is -2.44. The van der Waals surface area contributed by atoms with E-state index in [2.05, 4.69) is 15.6 Å². The fourth-order valence-corrected chi connectivity index (χ4v) is 7.27. The van der Waals surface area contributed by atoms with E-state index in [0.29, 0.717) is 55.0 Å². The predicted octanol–water partition coefficient (Wildman–Crippen LogP) is 3.82. The van der Waals surface area contributed by atoms with E-state index in [-0.39, 0.29) is 34.2 Å². The second-order valence-electron chi connectivity index (χ2n) is 13.6. The molecule has 1 saturated heterocycles. The Kier molecular flexibility index (Phi) is 11.9. The molecule has 1 fully saturated rings. The summed E-state index contributed by atoms with van der Waals surface area (Å²) in [6.45, 7) is 4.10. The van der Waals surface area contributed by atoms with Crippen LogP contribution in [0, 0.1) is 17.6 Å². The summed E-state index contributed by atoms with van der Waals surface area (Å²) in [5, 5.41) is 5.36. The number of nitrogens with one attached hydrogen (secondary N) is 3. The number of fused-ring (bicyclic) bond motifs is 1. The van der Waals surface area contributed by atoms with Gasteiger partial charge in [-0.1, -0.05) is 12.1 Å². The number of ether oxygens (including phenoxy) is 2. The maximum absolute atomic E-state index is 15.4. The summed E-state index contributed by atoms with van der Waals surface area (Å²) in [7, 11) is -2.95. The van der Waals surface area contributed by atoms with Crippen molar-refractivity contribution in [3.8, 4) is 5.69 Å². The molecule has 2 aromatic heterocycles. The number of esters is 1. The van der Waals surface area contributed by atoms with Crippen molar-refractivity contribution in [2.45, 2.75) is 50.2 Å². The lowest BCUT2D eigenvalue weighted by atomic mass is 9.99. The Hall–Kier alpha value is -6.27. The monoisotopic (exact) mass is 804 g/mol. The Morgan fingerprint density at radius 3 is 2.32 bits per heavy atom. The minimum atomic E-state index is -4.45. The quantitative estimate of drug-likeness (QED) is 0.156. The third-order valence-electron chi connectivity index (χ3n) is 9.22. The SMILES string of the molecule is CC(C)OC(=O)[C@H](Cc1ccc(-n2c(=O)c3ccncc3n(C)c2=O)cc1)NC(=O)c1cc(F)c(NS(=O)(=O)c2ccc(NC(=O)C3CCOCC3)cc2)cc1F. The van der Waals surface area contributed by atoms with Crippen molar-refractivity contribution in [1.82, 2.24) is 19.4 Å². The molecule has 3 N–H and O–H groups in total. The molecule has 0 bridgehead atoms. The van der Waals surface area contributed by atoms with Gasteiger partial charge in [0.2, 0.25) is 5.91 Å². The minimum Gasteiger partial charge on any atom is -0.461 e. The van der Waals surface area contributed by atoms with Gasteiger partial charge in [-0.25, -0.2) is 31.4 Å². The van der Waals surface area contributed by atoms with Gasteiger partial charge in [-0.3, -0.25) is 28.7 Å². The maximum atomic E-state index is 15.4. The highest BCUT2D eigenvalue weighted by molar-refractivity contribution is 7.92. The molecule has 1 aliphatic heterocycles. The zero-order valence-electron chi connectivity index (χ0n) is 31.0. The third-order valence-corrected chi connectivity index (χ3v) is 10.6. The van der Waals surface area contributed by atoms with Crippen molar-refractivity contribution < 1.29 is 41.1 Å². The van der Waals surface area contributed by atoms with Crippen molar-refractivity contribution >= 4 is 50.1 Å². The first kappa shape index (κ1) is 40.4. The lowest BCUT2D eigenvalue weighted by Gasteiger charge is -2.21. The van der Waals surface area contributed by atoms with Crippen LogP contribution in [0.2, 0.25) is 0 Å². The van der Waals surface area contributed by atoms with Crippen LogP contribution in [-0.2, 0) is 42.6 Å². The second-order valence-corrected chi connectivity index (χ2v) is 15.3. The van der Waals surface area contributed by atoms with Gasteiger partial charge in [0.25, 0.3) is 21.5 Å². The minimum absolute atomic E-state index is 0.187. The molecule has 18 heteroatoms. The maximum Gasteiger partial charge on any atom is 0.335 e. The number of carbonyl (C=O) groups excluding carboxylic acids is 3. The first-order chi connectivity index (χ1) is 27.1. The number of aromatic nitrogens is 3. The number of aryl methyl sites for hydroxylation is 1. The van der Waals surface area contributed by atoms with Gasteiger partial charge >= 0.3 is 11.7 Å². The Labute approximate surface area is 324 Å². The fourth-order valence-electron chi connectivity index (χ4n) is 6.21. The van der Waals surface area contributed by atoms with Gasteiger partial charge < -0.3 is 20.1 Å². The topological polar surface area (TPSA) is 197 Å². The Bertz CT molecular complexity index is 2570. The van der Waals surface area contributed by atoms with Crippen molar-refractivity contribution in [1.29, 1.82) is 0 Å². The van der Waals surface area contributed by atoms with Crippen LogP contribution in [0.15, 0.2) is 93.6 Å². The summed E-state index contributed by atoms with van der Waals surface area (Å²) in [6.07, 6.45) is 3.18. The van der Waals surface area contributed by atoms with Gasteiger partial charge in [0, 0.05) is 50.6 Å².